The molecule has 1 aromatic rings. The third kappa shape index (κ3) is 2.32. The molecule has 6 heteroatoms. The van der Waals surface area contributed by atoms with Crippen LogP contribution < -0.4 is 9.62 Å². The first kappa shape index (κ1) is 16.0. The molecule has 1 heterocycles. The van der Waals surface area contributed by atoms with Gasteiger partial charge in [0.1, 0.15) is 0 Å². The van der Waals surface area contributed by atoms with Gasteiger partial charge >= 0.3 is 0 Å². The maximum absolute atomic E-state index is 13.0. The molecule has 1 aliphatic carbocycles. The van der Waals surface area contributed by atoms with Gasteiger partial charge in [-0.25, -0.2) is 8.42 Å². The second kappa shape index (κ2) is 5.65. The number of nitrogens with one attached hydrogen (secondary N) is 1. The van der Waals surface area contributed by atoms with E-state index in [1.165, 1.54) is 4.31 Å². The number of benzene rings is 1. The molecule has 0 saturated heterocycles. The minimum absolute atomic E-state index is 0.0749. The number of rotatable bonds is 1. The summed E-state index contributed by atoms with van der Waals surface area (Å²) < 4.78 is 28.6. The molecule has 0 aromatic heterocycles. The van der Waals surface area contributed by atoms with Gasteiger partial charge in [-0.2, -0.15) is 0 Å². The third-order valence-electron chi connectivity index (χ3n) is 4.44. The Balaban J connectivity index is 2.34. The highest BCUT2D eigenvalue weighted by Gasteiger charge is 2.38. The number of sulfonamides is 1. The number of hydrogen-bond acceptors (Lipinski definition) is 3. The molecular formula is C16H19IN2O2S. The van der Waals surface area contributed by atoms with Crippen LogP contribution in [0.3, 0.4) is 0 Å². The summed E-state index contributed by atoms with van der Waals surface area (Å²) in [5, 5.41) is 3.31. The Morgan fingerprint density at radius 1 is 1.32 bits per heavy atom. The van der Waals surface area contributed by atoms with Gasteiger partial charge in [-0.15, -0.1) is 0 Å². The molecule has 0 fully saturated rings. The topological polar surface area (TPSA) is 49.4 Å². The van der Waals surface area contributed by atoms with E-state index >= 15 is 0 Å². The average molecular weight is 430 g/mol. The van der Waals surface area contributed by atoms with Gasteiger partial charge in [-0.1, -0.05) is 25.1 Å². The van der Waals surface area contributed by atoms with Crippen molar-refractivity contribution in [2.24, 2.45) is 5.92 Å². The lowest BCUT2D eigenvalue weighted by molar-refractivity contribution is 0.585. The molecule has 2 unspecified atom stereocenters. The smallest absolute Gasteiger partial charge is 0.264 e. The SMILES string of the molecule is CNC1C2=C(C=C(I)C(C)C2)S(=O)(=O)N(C)c2ccccc21. The Morgan fingerprint density at radius 3 is 2.68 bits per heavy atom. The van der Waals surface area contributed by atoms with Gasteiger partial charge in [-0.3, -0.25) is 4.31 Å². The Morgan fingerprint density at radius 2 is 2.00 bits per heavy atom. The van der Waals surface area contributed by atoms with E-state index in [2.05, 4.69) is 34.8 Å². The van der Waals surface area contributed by atoms with Crippen LogP contribution >= 0.6 is 22.6 Å². The molecule has 2 atom stereocenters. The van der Waals surface area contributed by atoms with Crippen molar-refractivity contribution in [2.75, 3.05) is 18.4 Å². The zero-order chi connectivity index (χ0) is 16.1. The Labute approximate surface area is 145 Å². The van der Waals surface area contributed by atoms with E-state index in [1.807, 2.05) is 37.4 Å². The fourth-order valence-corrected chi connectivity index (χ4v) is 5.47. The maximum Gasteiger partial charge on any atom is 0.264 e. The van der Waals surface area contributed by atoms with E-state index in [1.54, 1.807) is 7.05 Å². The van der Waals surface area contributed by atoms with E-state index in [0.29, 0.717) is 10.8 Å². The average Bonchev–Trinajstić information content (AvgIpc) is 2.56. The molecule has 0 amide bonds. The van der Waals surface area contributed by atoms with E-state index in [-0.39, 0.29) is 6.04 Å². The fraction of sp³-hybridized carbons (Fsp3) is 0.375. The molecule has 118 valence electrons. The first-order valence-electron chi connectivity index (χ1n) is 7.23. The Bertz CT molecular complexity index is 783. The van der Waals surface area contributed by atoms with E-state index < -0.39 is 10.0 Å². The molecule has 1 N–H and O–H groups in total. The first-order valence-corrected chi connectivity index (χ1v) is 9.75. The van der Waals surface area contributed by atoms with Gasteiger partial charge in [0.25, 0.3) is 10.0 Å². The van der Waals surface area contributed by atoms with Crippen molar-refractivity contribution in [3.8, 4) is 0 Å². The molecule has 0 saturated carbocycles. The van der Waals surface area contributed by atoms with Crippen LogP contribution in [0.25, 0.3) is 0 Å². The summed E-state index contributed by atoms with van der Waals surface area (Å²) in [6.07, 6.45) is 2.60. The summed E-state index contributed by atoms with van der Waals surface area (Å²) in [7, 11) is 0.00158. The van der Waals surface area contributed by atoms with Crippen molar-refractivity contribution in [2.45, 2.75) is 19.4 Å². The molecule has 2 aliphatic rings. The van der Waals surface area contributed by atoms with E-state index in [4.69, 9.17) is 0 Å². The first-order chi connectivity index (χ1) is 10.4. The second-order valence-corrected chi connectivity index (χ2v) is 8.96. The van der Waals surface area contributed by atoms with Crippen LogP contribution in [0.15, 0.2) is 44.4 Å². The number of likely N-dealkylation sites (N-methyl/N-ethyl adjacent to an activating group) is 1. The lowest BCUT2D eigenvalue weighted by atomic mass is 9.87. The molecule has 0 radical (unpaired) electrons. The van der Waals surface area contributed by atoms with Gasteiger partial charge in [0.15, 0.2) is 0 Å². The maximum atomic E-state index is 13.0. The molecule has 1 aliphatic heterocycles. The predicted octanol–water partition coefficient (Wildman–Crippen LogP) is 3.34. The molecule has 1 aromatic carbocycles. The number of para-hydroxylation sites is 1. The van der Waals surface area contributed by atoms with Crippen molar-refractivity contribution in [3.05, 3.63) is 50.0 Å². The van der Waals surface area contributed by atoms with Gasteiger partial charge in [-0.05, 0) is 68.8 Å². The number of halogens is 1. The van der Waals surface area contributed by atoms with Crippen LogP contribution in [0.4, 0.5) is 5.69 Å². The summed E-state index contributed by atoms with van der Waals surface area (Å²) in [6, 6.07) is 7.64. The summed E-state index contributed by atoms with van der Waals surface area (Å²) in [5.74, 6) is 0.348. The lowest BCUT2D eigenvalue weighted by Gasteiger charge is -2.27. The molecular weight excluding hydrogens is 411 g/mol. The minimum atomic E-state index is -3.52. The summed E-state index contributed by atoms with van der Waals surface area (Å²) >= 11 is 2.25. The number of fused-ring (bicyclic) bond motifs is 1. The van der Waals surface area contributed by atoms with Crippen LogP contribution in [0.5, 0.6) is 0 Å². The van der Waals surface area contributed by atoms with E-state index in [9.17, 15) is 8.42 Å². The van der Waals surface area contributed by atoms with Gasteiger partial charge in [0.05, 0.1) is 16.6 Å². The number of nitrogens with zero attached hydrogens (tertiary/aromatic N) is 1. The van der Waals surface area contributed by atoms with Crippen LogP contribution in [-0.4, -0.2) is 22.5 Å². The summed E-state index contributed by atoms with van der Waals surface area (Å²) in [6.45, 7) is 2.14. The fourth-order valence-electron chi connectivity index (χ4n) is 3.20. The monoisotopic (exact) mass is 430 g/mol. The standard InChI is InChI=1S/C16H19IN2O2S/c1-10-8-12-15(9-13(10)17)22(20,21)19(3)14-7-5-4-6-11(14)16(12)18-2/h4-7,9-10,16,18H,8H2,1-3H3. The lowest BCUT2D eigenvalue weighted by Crippen LogP contribution is -2.28. The quantitative estimate of drug-likeness (QED) is 0.696. The van der Waals surface area contributed by atoms with Crippen molar-refractivity contribution in [1.29, 1.82) is 0 Å². The van der Waals surface area contributed by atoms with Crippen molar-refractivity contribution in [3.63, 3.8) is 0 Å². The minimum Gasteiger partial charge on any atom is -0.309 e. The highest BCUT2D eigenvalue weighted by atomic mass is 127. The van der Waals surface area contributed by atoms with Crippen LogP contribution in [-0.2, 0) is 10.0 Å². The van der Waals surface area contributed by atoms with Crippen molar-refractivity contribution in [1.82, 2.24) is 5.32 Å². The molecule has 0 bridgehead atoms. The number of anilines is 1. The Kier molecular flexibility index (Phi) is 4.11. The van der Waals surface area contributed by atoms with Gasteiger partial charge < -0.3 is 5.32 Å². The van der Waals surface area contributed by atoms with Crippen molar-refractivity contribution >= 4 is 38.3 Å². The molecule has 3 rings (SSSR count). The van der Waals surface area contributed by atoms with Crippen molar-refractivity contribution < 1.29 is 8.42 Å². The molecule has 0 spiro atoms. The van der Waals surface area contributed by atoms with Crippen LogP contribution in [0.1, 0.15) is 24.9 Å². The van der Waals surface area contributed by atoms with Gasteiger partial charge in [0.2, 0.25) is 0 Å². The van der Waals surface area contributed by atoms with Gasteiger partial charge in [0, 0.05) is 7.05 Å². The number of hydrogen-bond donors (Lipinski definition) is 1. The predicted molar refractivity (Wildman–Crippen MR) is 98.5 cm³/mol. The normalized spacial score (nSPS) is 26.9. The zero-order valence-corrected chi connectivity index (χ0v) is 15.8. The van der Waals surface area contributed by atoms with Crippen LogP contribution in [0, 0.1) is 5.92 Å². The third-order valence-corrected chi connectivity index (χ3v) is 7.67. The second-order valence-electron chi connectivity index (χ2n) is 5.78. The molecule has 22 heavy (non-hydrogen) atoms. The number of allylic oxidation sites excluding steroid dienone is 2. The summed E-state index contributed by atoms with van der Waals surface area (Å²) in [5.41, 5.74) is 2.72. The largest absolute Gasteiger partial charge is 0.309 e. The zero-order valence-electron chi connectivity index (χ0n) is 12.8. The Hall–Kier alpha value is -0.860. The summed E-state index contributed by atoms with van der Waals surface area (Å²) in [4.78, 5) is 0.452. The highest BCUT2D eigenvalue weighted by Crippen LogP contribution is 2.45. The van der Waals surface area contributed by atoms with Crippen LogP contribution in [0.2, 0.25) is 0 Å². The van der Waals surface area contributed by atoms with E-state index in [0.717, 1.165) is 26.8 Å². The molecule has 4 nitrogen and oxygen atoms in total. The highest BCUT2D eigenvalue weighted by molar-refractivity contribution is 14.1.